The number of aromatic nitrogens is 7. The molecule has 12 aromatic rings. The van der Waals surface area contributed by atoms with Crippen LogP contribution in [0.5, 0.6) is 23.0 Å². The monoisotopic (exact) mass is 2070 g/mol. The van der Waals surface area contributed by atoms with Crippen LogP contribution in [-0.2, 0) is 91.3 Å². The molecule has 0 radical (unpaired) electrons. The molecule has 6 aromatic heterocycles. The third-order valence-corrected chi connectivity index (χ3v) is 26.7. The van der Waals surface area contributed by atoms with Crippen molar-refractivity contribution in [2.75, 3.05) is 115 Å². The molecular weight excluding hydrogens is 1970 g/mol. The maximum absolute atomic E-state index is 15.5. The van der Waals surface area contributed by atoms with Crippen LogP contribution in [0.3, 0.4) is 0 Å². The number of esters is 2. The van der Waals surface area contributed by atoms with E-state index < -0.39 is 167 Å². The highest BCUT2D eigenvalue weighted by Crippen LogP contribution is 2.45. The first-order chi connectivity index (χ1) is 70.6. The number of methoxy groups -OCH3 is 2. The zero-order valence-electron chi connectivity index (χ0n) is 80.7. The third-order valence-electron chi connectivity index (χ3n) is 26.7. The first kappa shape index (κ1) is 106. The Morgan fingerprint density at radius 1 is 0.426 bits per heavy atom. The number of nitrogens with zero attached hydrogens (tertiary/aromatic N) is 10. The first-order valence-corrected chi connectivity index (χ1v) is 46.9. The van der Waals surface area contributed by atoms with Crippen molar-refractivity contribution in [1.29, 1.82) is 0 Å². The van der Waals surface area contributed by atoms with Crippen LogP contribution in [0.15, 0.2) is 159 Å². The molecule has 780 valence electrons. The fraction of sp³-hybridized carbons (Fsp3) is 0.369. The lowest BCUT2D eigenvalue weighted by Crippen LogP contribution is -2.53. The number of anilines is 3. The van der Waals surface area contributed by atoms with Gasteiger partial charge in [0.25, 0.3) is 34.4 Å². The molecule has 3 N–H and O–H groups in total. The number of aryl methyl sites for hydroxylation is 5. The predicted molar refractivity (Wildman–Crippen MR) is 513 cm³/mol. The molecule has 3 amide bonds. The number of amides is 3. The average molecular weight is 2070 g/mol. The van der Waals surface area contributed by atoms with Gasteiger partial charge in [-0.05, 0) is 146 Å². The van der Waals surface area contributed by atoms with E-state index in [9.17, 15) is 87.5 Å². The number of morpholine rings is 3. The van der Waals surface area contributed by atoms with E-state index in [-0.39, 0.29) is 135 Å². The highest BCUT2D eigenvalue weighted by molar-refractivity contribution is 6.01. The van der Waals surface area contributed by atoms with Gasteiger partial charge in [-0.1, -0.05) is 37.3 Å². The summed E-state index contributed by atoms with van der Waals surface area (Å²) in [6.45, 7) is 2.93. The number of ether oxygens (including phenoxy) is 9. The fourth-order valence-corrected chi connectivity index (χ4v) is 19.3. The maximum Gasteiger partial charge on any atom is 0.411 e. The minimum absolute atomic E-state index is 0.0101. The number of ketones is 1. The number of halogens is 13. The summed E-state index contributed by atoms with van der Waals surface area (Å²) in [7, 11) is 7.08. The molecule has 0 spiro atoms. The van der Waals surface area contributed by atoms with Crippen LogP contribution in [0.1, 0.15) is 96.2 Å². The predicted octanol–water partition coefficient (Wildman–Crippen LogP) is 12.5. The maximum atomic E-state index is 15.5. The molecule has 3 fully saturated rings. The second-order valence-electron chi connectivity index (χ2n) is 35.8. The Hall–Kier alpha value is -15.3. The number of alkyl halides is 9. The van der Waals surface area contributed by atoms with Gasteiger partial charge >= 0.3 is 36.2 Å². The van der Waals surface area contributed by atoms with E-state index in [1.54, 1.807) is 105 Å². The van der Waals surface area contributed by atoms with Crippen LogP contribution in [0, 0.1) is 37.1 Å². The average Bonchev–Trinajstić information content (AvgIpc) is 0.747. The Kier molecular flexibility index (Phi) is 31.2. The van der Waals surface area contributed by atoms with Crippen molar-refractivity contribution < 1.29 is 128 Å². The standard InChI is InChI=1S/C35H34F4N4O6.C34H31F5N4O6.C34H33F4N5O7/c1-19-13-22(43-10-12-48-18-29(43)35(37,38)39)16-26(36)30(19)32(44)41-27(34(46)47-3)15-20-6-7-24(31-23(20)5-4-11-49-31)25-14-21-17-40-9-8-28(21)42(2)33(25)45;1-42-27-7-8-40-16-19(27)12-23(32(42)45)22-6-5-18(21-4-3-10-49-30(21)22)13-26(33(46)47-2)41-31(44)29-24(35)14-20(15-25(29)36)43-9-11-48-17-28(43)34(37,38)39;1-4-26(44)23(40-31(45)28-18(2)13-20(15-22(28)35)42-9-10-48-17-27(42)34(36,37)38)14-19-5-6-24(30-29(19)49-11-12-50-30)43-32(46)21-7-8-39-16-25(21)41(3)33(43)47/h6-9,13-14,16-17,27,29H,4-5,10-12,15,18H2,1-3H3,(H,41,44);5-8,12,14-16,26,28H,3-4,9-11,13,17H2,1-2H3,(H,41,44);5-8,13,15-16,23,27H,4,9-12,14,17H2,1-3H3,(H,40,45)/t27-,29+;26-,28+;23-,27+/m000/s1. The van der Waals surface area contributed by atoms with E-state index in [1.165, 1.54) is 66.7 Å². The van der Waals surface area contributed by atoms with E-state index in [0.717, 1.165) is 67.5 Å². The first-order valence-electron chi connectivity index (χ1n) is 46.9. The van der Waals surface area contributed by atoms with E-state index >= 15 is 17.6 Å². The van der Waals surface area contributed by atoms with Gasteiger partial charge in [-0.15, -0.1) is 0 Å². The summed E-state index contributed by atoms with van der Waals surface area (Å²) in [6.07, 6.45) is -2.53. The Labute approximate surface area is 833 Å². The summed E-state index contributed by atoms with van der Waals surface area (Å²) in [5.74, 6) is -8.97. The van der Waals surface area contributed by atoms with E-state index in [0.29, 0.717) is 118 Å². The highest BCUT2D eigenvalue weighted by Gasteiger charge is 2.50. The number of fused-ring (bicyclic) bond motifs is 6. The van der Waals surface area contributed by atoms with Gasteiger partial charge in [0.1, 0.15) is 83.8 Å². The summed E-state index contributed by atoms with van der Waals surface area (Å²) in [6, 6.07) is 14.1. The minimum atomic E-state index is -4.73. The van der Waals surface area contributed by atoms with Crippen molar-refractivity contribution in [3.05, 3.63) is 261 Å². The highest BCUT2D eigenvalue weighted by atomic mass is 19.4. The Morgan fingerprint density at radius 2 is 0.811 bits per heavy atom. The van der Waals surface area contributed by atoms with Crippen molar-refractivity contribution in [2.24, 2.45) is 21.1 Å². The van der Waals surface area contributed by atoms with Crippen molar-refractivity contribution in [1.82, 2.24) is 49.2 Å². The molecule has 6 aliphatic rings. The van der Waals surface area contributed by atoms with Crippen molar-refractivity contribution in [3.63, 3.8) is 0 Å². The van der Waals surface area contributed by atoms with Gasteiger partial charge in [-0.25, -0.2) is 36.5 Å². The Balaban J connectivity index is 0.000000158. The largest absolute Gasteiger partial charge is 0.493 e. The number of benzene rings is 6. The molecule has 6 aromatic carbocycles. The quantitative estimate of drug-likeness (QED) is 0.0419. The number of carbonyl (C=O) groups excluding carboxylic acids is 6. The van der Waals surface area contributed by atoms with Crippen LogP contribution in [0.2, 0.25) is 0 Å². The second-order valence-corrected chi connectivity index (χ2v) is 35.8. The van der Waals surface area contributed by atoms with Gasteiger partial charge in [0.2, 0.25) is 0 Å². The summed E-state index contributed by atoms with van der Waals surface area (Å²) in [4.78, 5) is 148. The summed E-state index contributed by atoms with van der Waals surface area (Å²) < 4.78 is 238. The topological polar surface area (TPSA) is 358 Å². The molecule has 0 saturated carbocycles. The lowest BCUT2D eigenvalue weighted by molar-refractivity contribution is -0.167. The molecule has 3 saturated heterocycles. The number of nitrogens with one attached hydrogen (secondary N) is 3. The zero-order chi connectivity index (χ0) is 106. The van der Waals surface area contributed by atoms with Crippen LogP contribution >= 0.6 is 0 Å². The summed E-state index contributed by atoms with van der Waals surface area (Å²) >= 11 is 0. The minimum Gasteiger partial charge on any atom is -0.493 e. The van der Waals surface area contributed by atoms with Crippen LogP contribution in [0.25, 0.3) is 60.6 Å². The number of carbonyl (C=O) groups is 6. The second kappa shape index (κ2) is 43.8. The van der Waals surface area contributed by atoms with E-state index in [1.807, 2.05) is 0 Å². The molecule has 0 aliphatic carbocycles. The molecule has 0 bridgehead atoms. The lowest BCUT2D eigenvalue weighted by Gasteiger charge is -2.38. The van der Waals surface area contributed by atoms with Crippen molar-refractivity contribution in [2.45, 2.75) is 127 Å². The lowest BCUT2D eigenvalue weighted by atomic mass is 9.90. The molecular formula is C103H98F13N13O19. The van der Waals surface area contributed by atoms with Gasteiger partial charge < -0.3 is 82.4 Å². The van der Waals surface area contributed by atoms with E-state index in [4.69, 9.17) is 42.6 Å². The van der Waals surface area contributed by atoms with Gasteiger partial charge in [0.15, 0.2) is 17.3 Å². The number of hydrogen-bond acceptors (Lipinski definition) is 25. The van der Waals surface area contributed by atoms with E-state index in [2.05, 4.69) is 30.9 Å². The zero-order valence-corrected chi connectivity index (χ0v) is 80.7. The van der Waals surface area contributed by atoms with Gasteiger partial charge in [-0.3, -0.25) is 53.1 Å². The SMILES string of the molecule is CCC(=O)[C@H](Cc1ccc(-n2c(=O)c3ccncc3n(C)c2=O)c2c1OCCO2)NC(=O)c1c(C)cc(N2CCOC[C@@H]2C(F)(F)F)cc1F.COC(=O)[C@H](Cc1ccc(-c2cc3cnccc3n(C)c2=O)c2c1CCCO2)NC(=O)c1c(C)cc(N2CCOC[C@@H]2C(F)(F)F)cc1F.COC(=O)[C@H](Cc1ccc(-c2cc3cnccc3n(C)c2=O)c2c1CCCO2)NC(=O)c1c(F)cc(N2CCOC[C@@H]2C(F)(F)F)cc1F. The van der Waals surface area contributed by atoms with Gasteiger partial charge in [-0.2, -0.15) is 39.5 Å². The molecule has 18 rings (SSSR count). The molecule has 148 heavy (non-hydrogen) atoms. The number of hydrogen-bond donors (Lipinski definition) is 3. The number of pyridine rings is 5. The third kappa shape index (κ3) is 21.7. The number of rotatable bonds is 22. The number of Topliss-reactive ketones (excluding diaryl/α,β-unsaturated/α-hetero) is 1. The molecule has 12 heterocycles. The van der Waals surface area contributed by atoms with Crippen LogP contribution < -0.4 is 72.0 Å². The smallest absolute Gasteiger partial charge is 0.411 e. The van der Waals surface area contributed by atoms with Crippen LogP contribution in [-0.4, -0.2) is 223 Å². The van der Waals surface area contributed by atoms with Crippen molar-refractivity contribution in [3.8, 4) is 50.9 Å². The molecule has 6 atom stereocenters. The van der Waals surface area contributed by atoms with Crippen LogP contribution in [0.4, 0.5) is 74.1 Å². The van der Waals surface area contributed by atoms with Crippen molar-refractivity contribution >= 4 is 85.2 Å². The molecule has 6 aliphatic heterocycles. The Morgan fingerprint density at radius 3 is 1.24 bits per heavy atom. The molecule has 0 unspecified atom stereocenters. The molecule has 32 nitrogen and oxygen atoms in total. The van der Waals surface area contributed by atoms with Gasteiger partial charge in [0.05, 0.1) is 129 Å². The van der Waals surface area contributed by atoms with Gasteiger partial charge in [0, 0.05) is 142 Å². The molecule has 45 heteroatoms. The summed E-state index contributed by atoms with van der Waals surface area (Å²) in [5.41, 5.74) is 2.86. The Bertz CT molecular complexity index is 7130. The normalized spacial score (nSPS) is 16.8. The fourth-order valence-electron chi connectivity index (χ4n) is 19.3. The summed E-state index contributed by atoms with van der Waals surface area (Å²) in [5, 5.41) is 9.23.